The van der Waals surface area contributed by atoms with E-state index in [0.29, 0.717) is 6.42 Å². The van der Waals surface area contributed by atoms with E-state index in [1.807, 2.05) is 6.92 Å². The van der Waals surface area contributed by atoms with Gasteiger partial charge in [-0.2, -0.15) is 21.0 Å². The quantitative estimate of drug-likeness (QED) is 0.536. The van der Waals surface area contributed by atoms with Gasteiger partial charge in [-0.3, -0.25) is 4.79 Å². The Morgan fingerprint density at radius 2 is 1.56 bits per heavy atom. The van der Waals surface area contributed by atoms with Crippen molar-refractivity contribution in [3.63, 3.8) is 0 Å². The van der Waals surface area contributed by atoms with E-state index in [2.05, 4.69) is 0 Å². The van der Waals surface area contributed by atoms with E-state index in [0.717, 1.165) is 6.42 Å². The molecule has 0 bridgehead atoms. The molecule has 18 heavy (non-hydrogen) atoms. The van der Waals surface area contributed by atoms with Crippen LogP contribution in [0, 0.1) is 62.1 Å². The van der Waals surface area contributed by atoms with Crippen molar-refractivity contribution in [2.24, 2.45) is 16.7 Å². The highest BCUT2D eigenvalue weighted by atomic mass is 16.5. The summed E-state index contributed by atoms with van der Waals surface area (Å²) in [6.07, 6.45) is 1.47. The van der Waals surface area contributed by atoms with Gasteiger partial charge < -0.3 is 4.74 Å². The number of carbonyl (C=O) groups excluding carboxylic acids is 1. The van der Waals surface area contributed by atoms with E-state index in [-0.39, 0.29) is 6.61 Å². The molecular weight excluding hydrogens is 232 g/mol. The predicted molar refractivity (Wildman–Crippen MR) is 56.7 cm³/mol. The molecule has 1 aliphatic rings. The van der Waals surface area contributed by atoms with Crippen LogP contribution in [-0.4, -0.2) is 12.6 Å². The number of hydrogen-bond acceptors (Lipinski definition) is 6. The van der Waals surface area contributed by atoms with Crippen molar-refractivity contribution < 1.29 is 9.53 Å². The number of nitriles is 4. The van der Waals surface area contributed by atoms with Crippen LogP contribution in [0.2, 0.25) is 0 Å². The lowest BCUT2D eigenvalue weighted by Crippen LogP contribution is -2.13. The van der Waals surface area contributed by atoms with Crippen molar-refractivity contribution in [3.05, 3.63) is 0 Å². The molecule has 1 aliphatic carbocycles. The third-order valence-electron chi connectivity index (χ3n) is 3.09. The van der Waals surface area contributed by atoms with Gasteiger partial charge >= 0.3 is 5.97 Å². The van der Waals surface area contributed by atoms with Crippen LogP contribution >= 0.6 is 0 Å². The number of rotatable bonds is 4. The molecule has 6 heteroatoms. The van der Waals surface area contributed by atoms with Gasteiger partial charge in [0.25, 0.3) is 0 Å². The van der Waals surface area contributed by atoms with Gasteiger partial charge in [0, 0.05) is 0 Å². The molecule has 0 atom stereocenters. The Balaban J connectivity index is 2.96. The largest absolute Gasteiger partial charge is 0.465 e. The molecule has 0 aromatic heterocycles. The number of unbranched alkanes of at least 4 members (excludes halogenated alkanes) is 1. The molecule has 0 aromatic rings. The van der Waals surface area contributed by atoms with Crippen LogP contribution in [0.25, 0.3) is 0 Å². The fraction of sp³-hybridized carbons (Fsp3) is 0.583. The first kappa shape index (κ1) is 13.5. The lowest BCUT2D eigenvalue weighted by molar-refractivity contribution is -0.146. The van der Waals surface area contributed by atoms with Gasteiger partial charge in [0.1, 0.15) is 5.92 Å². The van der Waals surface area contributed by atoms with E-state index in [9.17, 15) is 4.79 Å². The zero-order valence-electron chi connectivity index (χ0n) is 9.80. The standard InChI is InChI=1S/C12H10N4O2/c1-2-3-4-18-10(17)9-11(5-13,6-14)12(9,7-15)8-16/h9H,2-4H2,1H3. The van der Waals surface area contributed by atoms with Crippen LogP contribution < -0.4 is 0 Å². The first-order valence-electron chi connectivity index (χ1n) is 5.41. The smallest absolute Gasteiger partial charge is 0.314 e. The summed E-state index contributed by atoms with van der Waals surface area (Å²) in [5, 5.41) is 35.9. The Kier molecular flexibility index (Phi) is 3.55. The molecule has 1 saturated carbocycles. The molecule has 6 nitrogen and oxygen atoms in total. The Bertz CT molecular complexity index is 460. The molecule has 1 rings (SSSR count). The number of nitrogens with zero attached hydrogens (tertiary/aromatic N) is 4. The van der Waals surface area contributed by atoms with Crippen LogP contribution in [-0.2, 0) is 9.53 Å². The summed E-state index contributed by atoms with van der Waals surface area (Å²) >= 11 is 0. The summed E-state index contributed by atoms with van der Waals surface area (Å²) in [6, 6.07) is 6.44. The molecule has 0 saturated heterocycles. The first-order valence-corrected chi connectivity index (χ1v) is 5.41. The van der Waals surface area contributed by atoms with Crippen molar-refractivity contribution in [1.82, 2.24) is 0 Å². The third-order valence-corrected chi connectivity index (χ3v) is 3.09. The lowest BCUT2D eigenvalue weighted by atomic mass is 9.98. The molecule has 0 aromatic carbocycles. The number of carbonyl (C=O) groups is 1. The van der Waals surface area contributed by atoms with Gasteiger partial charge in [0.05, 0.1) is 30.9 Å². The molecule has 0 amide bonds. The highest BCUT2D eigenvalue weighted by Gasteiger charge is 2.85. The number of hydrogen-bond donors (Lipinski definition) is 0. The Morgan fingerprint density at radius 3 is 1.89 bits per heavy atom. The van der Waals surface area contributed by atoms with Gasteiger partial charge in [-0.1, -0.05) is 13.3 Å². The minimum absolute atomic E-state index is 0.158. The molecule has 0 radical (unpaired) electrons. The maximum atomic E-state index is 11.7. The maximum Gasteiger partial charge on any atom is 0.314 e. The van der Waals surface area contributed by atoms with Crippen LogP contribution in [0.15, 0.2) is 0 Å². The summed E-state index contributed by atoms with van der Waals surface area (Å²) in [5.41, 5.74) is -3.81. The van der Waals surface area contributed by atoms with Gasteiger partial charge in [-0.05, 0) is 6.42 Å². The fourth-order valence-corrected chi connectivity index (χ4v) is 1.89. The highest BCUT2D eigenvalue weighted by molar-refractivity contribution is 5.85. The maximum absolute atomic E-state index is 11.7. The van der Waals surface area contributed by atoms with Gasteiger partial charge in [0.2, 0.25) is 0 Å². The van der Waals surface area contributed by atoms with E-state index in [4.69, 9.17) is 25.8 Å². The average molecular weight is 242 g/mol. The first-order chi connectivity index (χ1) is 8.60. The molecule has 0 heterocycles. The van der Waals surface area contributed by atoms with Crippen molar-refractivity contribution >= 4 is 5.97 Å². The molecule has 0 unspecified atom stereocenters. The van der Waals surface area contributed by atoms with Crippen LogP contribution in [0.3, 0.4) is 0 Å². The molecule has 0 spiro atoms. The molecule has 0 N–H and O–H groups in total. The van der Waals surface area contributed by atoms with Crippen LogP contribution in [0.4, 0.5) is 0 Å². The Labute approximate surface area is 105 Å². The zero-order chi connectivity index (χ0) is 13.8. The van der Waals surface area contributed by atoms with Crippen molar-refractivity contribution in [2.45, 2.75) is 19.8 Å². The van der Waals surface area contributed by atoms with E-state index in [1.165, 1.54) is 0 Å². The van der Waals surface area contributed by atoms with Crippen molar-refractivity contribution in [3.8, 4) is 24.3 Å². The predicted octanol–water partition coefficient (Wildman–Crippen LogP) is 1.03. The highest BCUT2D eigenvalue weighted by Crippen LogP contribution is 2.68. The van der Waals surface area contributed by atoms with Crippen molar-refractivity contribution in [1.29, 1.82) is 21.0 Å². The Morgan fingerprint density at radius 1 is 1.11 bits per heavy atom. The van der Waals surface area contributed by atoms with Crippen molar-refractivity contribution in [2.75, 3.05) is 6.61 Å². The summed E-state index contributed by atoms with van der Waals surface area (Å²) in [5.74, 6) is -2.12. The van der Waals surface area contributed by atoms with Gasteiger partial charge in [-0.25, -0.2) is 0 Å². The molecule has 0 aliphatic heterocycles. The van der Waals surface area contributed by atoms with E-state index >= 15 is 0 Å². The fourth-order valence-electron chi connectivity index (χ4n) is 1.89. The minimum atomic E-state index is -1.90. The van der Waals surface area contributed by atoms with E-state index < -0.39 is 22.7 Å². The summed E-state index contributed by atoms with van der Waals surface area (Å²) in [7, 11) is 0. The molecule has 90 valence electrons. The molecule has 1 fully saturated rings. The number of ether oxygens (including phenoxy) is 1. The van der Waals surface area contributed by atoms with Gasteiger partial charge in [-0.15, -0.1) is 0 Å². The van der Waals surface area contributed by atoms with E-state index in [1.54, 1.807) is 24.3 Å². The normalized spacial score (nSPS) is 18.5. The topological polar surface area (TPSA) is 121 Å². The average Bonchev–Trinajstić information content (AvgIpc) is 3.02. The number of esters is 1. The molecular formula is C12H10N4O2. The second kappa shape index (κ2) is 4.74. The second-order valence-electron chi connectivity index (χ2n) is 4.02. The zero-order valence-corrected chi connectivity index (χ0v) is 9.80. The van der Waals surface area contributed by atoms with Gasteiger partial charge in [0.15, 0.2) is 10.8 Å². The monoisotopic (exact) mass is 242 g/mol. The van der Waals surface area contributed by atoms with Crippen LogP contribution in [0.5, 0.6) is 0 Å². The SMILES string of the molecule is CCCCOC(=O)C1C(C#N)(C#N)C1(C#N)C#N. The van der Waals surface area contributed by atoms with Crippen LogP contribution in [0.1, 0.15) is 19.8 Å². The second-order valence-corrected chi connectivity index (χ2v) is 4.02. The third kappa shape index (κ3) is 1.48. The lowest BCUT2D eigenvalue weighted by Gasteiger charge is -2.02. The summed E-state index contributed by atoms with van der Waals surface area (Å²) < 4.78 is 4.88. The Hall–Kier alpha value is -2.57. The summed E-state index contributed by atoms with van der Waals surface area (Å²) in [6.45, 7) is 2.07. The summed E-state index contributed by atoms with van der Waals surface area (Å²) in [4.78, 5) is 11.7. The minimum Gasteiger partial charge on any atom is -0.465 e.